The van der Waals surface area contributed by atoms with Gasteiger partial charge in [0.1, 0.15) is 11.6 Å². The molecule has 1 rings (SSSR count). The van der Waals surface area contributed by atoms with Crippen LogP contribution < -0.4 is 5.32 Å². The van der Waals surface area contributed by atoms with E-state index >= 15 is 0 Å². The SMILES string of the molecule is CC(CNCc1c(F)cc(C#N)cc1F)S(C)=O. The van der Waals surface area contributed by atoms with E-state index in [0.717, 1.165) is 12.1 Å². The monoisotopic (exact) mass is 272 g/mol. The largest absolute Gasteiger partial charge is 0.311 e. The molecule has 1 aromatic rings. The van der Waals surface area contributed by atoms with Crippen molar-refractivity contribution in [1.82, 2.24) is 5.32 Å². The summed E-state index contributed by atoms with van der Waals surface area (Å²) in [6, 6.07) is 3.69. The highest BCUT2D eigenvalue weighted by atomic mass is 32.2. The number of hydrogen-bond donors (Lipinski definition) is 1. The van der Waals surface area contributed by atoms with Crippen LogP contribution in [0.3, 0.4) is 0 Å². The molecule has 6 heteroatoms. The lowest BCUT2D eigenvalue weighted by Crippen LogP contribution is -2.27. The van der Waals surface area contributed by atoms with Gasteiger partial charge in [0.05, 0.1) is 11.6 Å². The molecule has 0 aliphatic carbocycles. The van der Waals surface area contributed by atoms with Gasteiger partial charge in [0, 0.05) is 41.0 Å². The highest BCUT2D eigenvalue weighted by Crippen LogP contribution is 2.14. The van der Waals surface area contributed by atoms with E-state index in [1.807, 2.05) is 0 Å². The van der Waals surface area contributed by atoms with Crippen LogP contribution in [0.1, 0.15) is 18.1 Å². The fourth-order valence-electron chi connectivity index (χ4n) is 1.35. The van der Waals surface area contributed by atoms with Crippen LogP contribution >= 0.6 is 0 Å². The number of halogens is 2. The molecule has 0 saturated heterocycles. The molecule has 2 atom stereocenters. The molecule has 18 heavy (non-hydrogen) atoms. The van der Waals surface area contributed by atoms with E-state index in [1.165, 1.54) is 0 Å². The summed E-state index contributed by atoms with van der Waals surface area (Å²) < 4.78 is 38.1. The van der Waals surface area contributed by atoms with Crippen molar-refractivity contribution >= 4 is 10.8 Å². The van der Waals surface area contributed by atoms with Crippen LogP contribution in [0.4, 0.5) is 8.78 Å². The molecule has 0 saturated carbocycles. The van der Waals surface area contributed by atoms with Crippen molar-refractivity contribution in [3.8, 4) is 6.07 Å². The van der Waals surface area contributed by atoms with Gasteiger partial charge in [-0.15, -0.1) is 0 Å². The van der Waals surface area contributed by atoms with Crippen molar-refractivity contribution in [2.75, 3.05) is 12.8 Å². The van der Waals surface area contributed by atoms with E-state index < -0.39 is 22.4 Å². The minimum absolute atomic E-state index is 0.00488. The summed E-state index contributed by atoms with van der Waals surface area (Å²) in [7, 11) is -0.977. The average Bonchev–Trinajstić information content (AvgIpc) is 2.31. The highest BCUT2D eigenvalue weighted by molar-refractivity contribution is 7.84. The van der Waals surface area contributed by atoms with Gasteiger partial charge in [0.15, 0.2) is 0 Å². The third kappa shape index (κ3) is 3.86. The Hall–Kier alpha value is -1.32. The van der Waals surface area contributed by atoms with Crippen LogP contribution in [0, 0.1) is 23.0 Å². The molecule has 0 aliphatic heterocycles. The number of nitriles is 1. The fourth-order valence-corrected chi connectivity index (χ4v) is 1.71. The third-order valence-corrected chi connectivity index (χ3v) is 3.87. The molecule has 0 spiro atoms. The topological polar surface area (TPSA) is 52.9 Å². The van der Waals surface area contributed by atoms with Crippen LogP contribution in [-0.2, 0) is 17.3 Å². The van der Waals surface area contributed by atoms with E-state index in [9.17, 15) is 13.0 Å². The van der Waals surface area contributed by atoms with Gasteiger partial charge in [0.25, 0.3) is 0 Å². The maximum atomic E-state index is 13.5. The molecule has 0 fully saturated rings. The molecule has 3 nitrogen and oxygen atoms in total. The van der Waals surface area contributed by atoms with Crippen LogP contribution in [-0.4, -0.2) is 22.3 Å². The molecular weight excluding hydrogens is 258 g/mol. The van der Waals surface area contributed by atoms with Crippen molar-refractivity contribution < 1.29 is 13.0 Å². The number of nitrogens with one attached hydrogen (secondary N) is 1. The molecule has 0 heterocycles. The molecule has 0 amide bonds. The standard InChI is InChI=1S/C12H14F2N2OS/c1-8(18(2)17)6-16-7-10-11(13)3-9(5-15)4-12(10)14/h3-4,8,16H,6-7H2,1-2H3. The minimum Gasteiger partial charge on any atom is -0.311 e. The first-order valence-corrected chi connectivity index (χ1v) is 6.98. The lowest BCUT2D eigenvalue weighted by molar-refractivity contribution is 0.534. The van der Waals surface area contributed by atoms with Crippen LogP contribution in [0.15, 0.2) is 12.1 Å². The van der Waals surface area contributed by atoms with Crippen molar-refractivity contribution in [2.45, 2.75) is 18.7 Å². The van der Waals surface area contributed by atoms with Gasteiger partial charge in [0.2, 0.25) is 0 Å². The Morgan fingerprint density at radius 1 is 1.44 bits per heavy atom. The summed E-state index contributed by atoms with van der Waals surface area (Å²) in [5, 5.41) is 11.3. The van der Waals surface area contributed by atoms with E-state index in [4.69, 9.17) is 5.26 Å². The zero-order valence-electron chi connectivity index (χ0n) is 10.2. The maximum Gasteiger partial charge on any atom is 0.131 e. The molecule has 2 unspecified atom stereocenters. The molecule has 1 aromatic carbocycles. The first kappa shape index (κ1) is 14.7. The quantitative estimate of drug-likeness (QED) is 0.887. The summed E-state index contributed by atoms with van der Waals surface area (Å²) in [5.41, 5.74) is -0.153. The zero-order chi connectivity index (χ0) is 13.7. The van der Waals surface area contributed by atoms with Crippen LogP contribution in [0.2, 0.25) is 0 Å². The molecule has 0 radical (unpaired) electrons. The smallest absolute Gasteiger partial charge is 0.131 e. The van der Waals surface area contributed by atoms with Crippen LogP contribution in [0.5, 0.6) is 0 Å². The van der Waals surface area contributed by atoms with Gasteiger partial charge < -0.3 is 5.32 Å². The summed E-state index contributed by atoms with van der Waals surface area (Å²) in [5.74, 6) is -1.49. The highest BCUT2D eigenvalue weighted by Gasteiger charge is 2.12. The van der Waals surface area contributed by atoms with Gasteiger partial charge in [-0.3, -0.25) is 4.21 Å². The molecule has 0 aromatic heterocycles. The molecule has 1 N–H and O–H groups in total. The second kappa shape index (κ2) is 6.57. The Bertz CT molecular complexity index is 476. The summed E-state index contributed by atoms with van der Waals surface area (Å²) in [6.07, 6.45) is 1.58. The minimum atomic E-state index is -0.977. The fraction of sp³-hybridized carbons (Fsp3) is 0.417. The van der Waals surface area contributed by atoms with Gasteiger partial charge in [-0.05, 0) is 19.1 Å². The zero-order valence-corrected chi connectivity index (χ0v) is 11.0. The number of nitrogens with zero attached hydrogens (tertiary/aromatic N) is 1. The van der Waals surface area contributed by atoms with Gasteiger partial charge in [-0.1, -0.05) is 0 Å². The Morgan fingerprint density at radius 3 is 2.44 bits per heavy atom. The summed E-state index contributed by atoms with van der Waals surface area (Å²) >= 11 is 0. The molecule has 0 bridgehead atoms. The lowest BCUT2D eigenvalue weighted by atomic mass is 10.1. The third-order valence-electron chi connectivity index (χ3n) is 2.57. The van der Waals surface area contributed by atoms with E-state index in [-0.39, 0.29) is 22.9 Å². The van der Waals surface area contributed by atoms with E-state index in [1.54, 1.807) is 19.2 Å². The Labute approximate surface area is 107 Å². The van der Waals surface area contributed by atoms with Crippen molar-refractivity contribution in [3.63, 3.8) is 0 Å². The Kier molecular flexibility index (Phi) is 5.38. The summed E-state index contributed by atoms with van der Waals surface area (Å²) in [4.78, 5) is 0. The van der Waals surface area contributed by atoms with E-state index in [2.05, 4.69) is 5.32 Å². The van der Waals surface area contributed by atoms with Crippen LogP contribution in [0.25, 0.3) is 0 Å². The first-order chi connectivity index (χ1) is 8.45. The summed E-state index contributed by atoms with van der Waals surface area (Å²) in [6.45, 7) is 2.20. The van der Waals surface area contributed by atoms with Gasteiger partial charge in [-0.25, -0.2) is 8.78 Å². The van der Waals surface area contributed by atoms with Crippen molar-refractivity contribution in [2.24, 2.45) is 0 Å². The Morgan fingerprint density at radius 2 is 2.00 bits per heavy atom. The van der Waals surface area contributed by atoms with Crippen molar-refractivity contribution in [3.05, 3.63) is 34.9 Å². The molecule has 98 valence electrons. The predicted molar refractivity (Wildman–Crippen MR) is 66.3 cm³/mol. The van der Waals surface area contributed by atoms with Gasteiger partial charge >= 0.3 is 0 Å². The number of hydrogen-bond acceptors (Lipinski definition) is 3. The number of rotatable bonds is 5. The predicted octanol–water partition coefficient (Wildman–Crippen LogP) is 1.69. The molecular formula is C12H14F2N2OS. The van der Waals surface area contributed by atoms with Crippen molar-refractivity contribution in [1.29, 1.82) is 5.26 Å². The van der Waals surface area contributed by atoms with E-state index in [0.29, 0.717) is 6.54 Å². The normalized spacial score (nSPS) is 13.9. The first-order valence-electron chi connectivity index (χ1n) is 5.36. The second-order valence-electron chi connectivity index (χ2n) is 3.97. The maximum absolute atomic E-state index is 13.5. The average molecular weight is 272 g/mol. The molecule has 0 aliphatic rings. The van der Waals surface area contributed by atoms with Gasteiger partial charge in [-0.2, -0.15) is 5.26 Å². The number of benzene rings is 1. The Balaban J connectivity index is 2.69. The lowest BCUT2D eigenvalue weighted by Gasteiger charge is -2.11. The second-order valence-corrected chi connectivity index (χ2v) is 5.77.